The van der Waals surface area contributed by atoms with E-state index in [1.54, 1.807) is 6.20 Å². The van der Waals surface area contributed by atoms with Gasteiger partial charge in [-0.2, -0.15) is 0 Å². The first-order valence-electron chi connectivity index (χ1n) is 6.58. The Balaban J connectivity index is 1.92. The predicted molar refractivity (Wildman–Crippen MR) is 72.7 cm³/mol. The molecule has 2 rings (SSSR count). The van der Waals surface area contributed by atoms with Crippen molar-refractivity contribution >= 4 is 11.5 Å². The van der Waals surface area contributed by atoms with E-state index in [-0.39, 0.29) is 0 Å². The van der Waals surface area contributed by atoms with Gasteiger partial charge in [-0.15, -0.1) is 10.2 Å². The van der Waals surface area contributed by atoms with Crippen LogP contribution in [0.25, 0.3) is 5.65 Å². The fourth-order valence-electron chi connectivity index (χ4n) is 1.95. The summed E-state index contributed by atoms with van der Waals surface area (Å²) in [5, 5.41) is 11.5. The third-order valence-corrected chi connectivity index (χ3v) is 3.00. The average molecular weight is 247 g/mol. The quantitative estimate of drug-likeness (QED) is 0.797. The van der Waals surface area contributed by atoms with Crippen LogP contribution in [0.3, 0.4) is 0 Å². The molecule has 0 unspecified atom stereocenters. The van der Waals surface area contributed by atoms with Gasteiger partial charge in [0, 0.05) is 18.9 Å². The molecule has 0 saturated carbocycles. The van der Waals surface area contributed by atoms with Crippen molar-refractivity contribution < 1.29 is 0 Å². The summed E-state index contributed by atoms with van der Waals surface area (Å²) in [6.07, 6.45) is 7.35. The molecule has 18 heavy (non-hydrogen) atoms. The number of hydrogen-bond donors (Lipinski definition) is 1. The molecule has 5 nitrogen and oxygen atoms in total. The third kappa shape index (κ3) is 2.97. The first-order valence-corrected chi connectivity index (χ1v) is 6.58. The monoisotopic (exact) mass is 247 g/mol. The molecule has 0 aromatic carbocycles. The van der Waals surface area contributed by atoms with Gasteiger partial charge in [-0.25, -0.2) is 4.98 Å². The van der Waals surface area contributed by atoms with E-state index >= 15 is 0 Å². The highest BCUT2D eigenvalue weighted by Gasteiger charge is 2.06. The molecule has 0 aliphatic rings. The SMILES string of the molecule is Cc1nnc2c(NCCCCC(C)C)nccn12. The Kier molecular flexibility index (Phi) is 4.12. The molecule has 0 spiro atoms. The third-order valence-electron chi connectivity index (χ3n) is 3.00. The van der Waals surface area contributed by atoms with Crippen molar-refractivity contribution in [2.45, 2.75) is 40.0 Å². The number of unbranched alkanes of at least 4 members (excludes halogenated alkanes) is 1. The maximum absolute atomic E-state index is 4.32. The van der Waals surface area contributed by atoms with E-state index in [9.17, 15) is 0 Å². The Morgan fingerprint density at radius 3 is 2.89 bits per heavy atom. The molecular weight excluding hydrogens is 226 g/mol. The van der Waals surface area contributed by atoms with Crippen LogP contribution in [0.15, 0.2) is 12.4 Å². The minimum Gasteiger partial charge on any atom is -0.367 e. The summed E-state index contributed by atoms with van der Waals surface area (Å²) in [4.78, 5) is 4.32. The lowest BCUT2D eigenvalue weighted by Crippen LogP contribution is -2.06. The molecule has 0 radical (unpaired) electrons. The number of fused-ring (bicyclic) bond motifs is 1. The number of hydrogen-bond acceptors (Lipinski definition) is 4. The molecule has 0 saturated heterocycles. The van der Waals surface area contributed by atoms with Crippen molar-refractivity contribution in [1.82, 2.24) is 19.6 Å². The molecule has 5 heteroatoms. The highest BCUT2D eigenvalue weighted by molar-refractivity contribution is 5.61. The molecule has 1 N–H and O–H groups in total. The van der Waals surface area contributed by atoms with E-state index in [0.717, 1.165) is 36.2 Å². The van der Waals surface area contributed by atoms with Gasteiger partial charge in [-0.3, -0.25) is 4.40 Å². The maximum atomic E-state index is 4.32. The zero-order valence-electron chi connectivity index (χ0n) is 11.3. The molecule has 0 aliphatic carbocycles. The molecular formula is C13H21N5. The summed E-state index contributed by atoms with van der Waals surface area (Å²) in [6, 6.07) is 0. The normalized spacial score (nSPS) is 11.3. The van der Waals surface area contributed by atoms with E-state index in [1.165, 1.54) is 12.8 Å². The smallest absolute Gasteiger partial charge is 0.203 e. The highest BCUT2D eigenvalue weighted by Crippen LogP contribution is 2.12. The second kappa shape index (κ2) is 5.80. The lowest BCUT2D eigenvalue weighted by Gasteiger charge is -2.07. The molecule has 2 heterocycles. The average Bonchev–Trinajstić information content (AvgIpc) is 2.71. The summed E-state index contributed by atoms with van der Waals surface area (Å²) >= 11 is 0. The van der Waals surface area contributed by atoms with E-state index < -0.39 is 0 Å². The van der Waals surface area contributed by atoms with Gasteiger partial charge in [0.25, 0.3) is 0 Å². The van der Waals surface area contributed by atoms with Gasteiger partial charge in [-0.1, -0.05) is 26.7 Å². The zero-order valence-corrected chi connectivity index (χ0v) is 11.3. The van der Waals surface area contributed by atoms with Crippen LogP contribution in [0.2, 0.25) is 0 Å². The van der Waals surface area contributed by atoms with Gasteiger partial charge >= 0.3 is 0 Å². The predicted octanol–water partition coefficient (Wildman–Crippen LogP) is 2.67. The lowest BCUT2D eigenvalue weighted by molar-refractivity contribution is 0.544. The van der Waals surface area contributed by atoms with Crippen molar-refractivity contribution in [3.8, 4) is 0 Å². The molecule has 0 bridgehead atoms. The fourth-order valence-corrected chi connectivity index (χ4v) is 1.95. The minimum atomic E-state index is 0.783. The van der Waals surface area contributed by atoms with E-state index in [2.05, 4.69) is 34.3 Å². The van der Waals surface area contributed by atoms with Crippen LogP contribution in [0, 0.1) is 12.8 Å². The Bertz CT molecular complexity index is 503. The van der Waals surface area contributed by atoms with Crippen molar-refractivity contribution in [2.24, 2.45) is 5.92 Å². The van der Waals surface area contributed by atoms with Crippen LogP contribution in [0.5, 0.6) is 0 Å². The number of nitrogens with one attached hydrogen (secondary N) is 1. The van der Waals surface area contributed by atoms with Crippen LogP contribution in [0.4, 0.5) is 5.82 Å². The first-order chi connectivity index (χ1) is 8.68. The highest BCUT2D eigenvalue weighted by atomic mass is 15.3. The summed E-state index contributed by atoms with van der Waals surface area (Å²) < 4.78 is 1.95. The summed E-state index contributed by atoms with van der Waals surface area (Å²) in [5.74, 6) is 2.49. The first kappa shape index (κ1) is 12.8. The standard InChI is InChI=1S/C13H21N5/c1-10(2)6-4-5-7-14-12-13-17-16-11(3)18(13)9-8-15-12/h8-10H,4-7H2,1-3H3,(H,14,15). The Morgan fingerprint density at radius 2 is 2.11 bits per heavy atom. The Morgan fingerprint density at radius 1 is 1.28 bits per heavy atom. The fraction of sp³-hybridized carbons (Fsp3) is 0.615. The van der Waals surface area contributed by atoms with Gasteiger partial charge in [0.1, 0.15) is 5.82 Å². The van der Waals surface area contributed by atoms with E-state index in [4.69, 9.17) is 0 Å². The molecule has 0 amide bonds. The zero-order chi connectivity index (χ0) is 13.0. The van der Waals surface area contributed by atoms with Gasteiger partial charge in [0.2, 0.25) is 5.65 Å². The second-order valence-electron chi connectivity index (χ2n) is 5.03. The largest absolute Gasteiger partial charge is 0.367 e. The summed E-state index contributed by atoms with van der Waals surface area (Å²) in [7, 11) is 0. The molecule has 2 aromatic heterocycles. The molecule has 0 atom stereocenters. The number of nitrogens with zero attached hydrogens (tertiary/aromatic N) is 4. The Labute approximate surface area is 108 Å². The van der Waals surface area contributed by atoms with Crippen molar-refractivity contribution in [1.29, 1.82) is 0 Å². The molecule has 2 aromatic rings. The van der Waals surface area contributed by atoms with Crippen molar-refractivity contribution in [2.75, 3.05) is 11.9 Å². The molecule has 0 fully saturated rings. The van der Waals surface area contributed by atoms with Gasteiger partial charge in [0.05, 0.1) is 0 Å². The van der Waals surface area contributed by atoms with E-state index in [1.807, 2.05) is 17.5 Å². The molecule has 98 valence electrons. The number of aromatic nitrogens is 4. The topological polar surface area (TPSA) is 55.1 Å². The van der Waals surface area contributed by atoms with Gasteiger partial charge in [-0.05, 0) is 19.3 Å². The molecule has 0 aliphatic heterocycles. The van der Waals surface area contributed by atoms with Crippen molar-refractivity contribution in [3.63, 3.8) is 0 Å². The van der Waals surface area contributed by atoms with Crippen molar-refractivity contribution in [3.05, 3.63) is 18.2 Å². The number of aryl methyl sites for hydroxylation is 1. The summed E-state index contributed by atoms with van der Waals surface area (Å²) in [5.41, 5.74) is 0.804. The van der Waals surface area contributed by atoms with Crippen LogP contribution in [0.1, 0.15) is 38.9 Å². The Hall–Kier alpha value is -1.65. The van der Waals surface area contributed by atoms with Crippen LogP contribution in [-0.2, 0) is 0 Å². The second-order valence-corrected chi connectivity index (χ2v) is 5.03. The van der Waals surface area contributed by atoms with Crippen LogP contribution < -0.4 is 5.32 Å². The maximum Gasteiger partial charge on any atom is 0.203 e. The minimum absolute atomic E-state index is 0.783. The van der Waals surface area contributed by atoms with Crippen LogP contribution in [-0.4, -0.2) is 26.1 Å². The lowest BCUT2D eigenvalue weighted by atomic mass is 10.1. The number of anilines is 1. The van der Waals surface area contributed by atoms with Gasteiger partial charge in [0.15, 0.2) is 5.82 Å². The summed E-state index contributed by atoms with van der Waals surface area (Å²) in [6.45, 7) is 7.39. The van der Waals surface area contributed by atoms with Gasteiger partial charge < -0.3 is 5.32 Å². The van der Waals surface area contributed by atoms with E-state index in [0.29, 0.717) is 0 Å². The van der Waals surface area contributed by atoms with Crippen LogP contribution >= 0.6 is 0 Å². The number of rotatable bonds is 6.